The molecule has 2 aromatic rings. The van der Waals surface area contributed by atoms with Crippen molar-refractivity contribution in [3.05, 3.63) is 65.2 Å². The van der Waals surface area contributed by atoms with Crippen molar-refractivity contribution in [3.8, 4) is 0 Å². The molecule has 30 heavy (non-hydrogen) atoms. The lowest BCUT2D eigenvalue weighted by atomic mass is 9.98. The summed E-state index contributed by atoms with van der Waals surface area (Å²) in [6.07, 6.45) is -1.19. The number of ketones is 1. The van der Waals surface area contributed by atoms with Crippen LogP contribution in [0, 0.1) is 0 Å². The van der Waals surface area contributed by atoms with Crippen LogP contribution < -0.4 is 5.32 Å². The third kappa shape index (κ3) is 4.43. The maximum atomic E-state index is 12.5. The number of benzene rings is 2. The van der Waals surface area contributed by atoms with Gasteiger partial charge in [-0.2, -0.15) is 0 Å². The highest BCUT2D eigenvalue weighted by Gasteiger charge is 2.33. The van der Waals surface area contributed by atoms with Gasteiger partial charge in [-0.25, -0.2) is 0 Å². The molecule has 0 spiro atoms. The summed E-state index contributed by atoms with van der Waals surface area (Å²) in [5.41, 5.74) is 1.59. The van der Waals surface area contributed by atoms with Crippen LogP contribution in [0.2, 0.25) is 0 Å². The standard InChI is InChI=1S/C22H20N2O6/c1-13(25)16-8-5-6-10-18(16)23-21(28)14(2)30-20(27)12-24-19(26)11-15-7-3-4-9-17(15)22(24)29/h3-10,14H,11-12H2,1-2H3,(H,23,28)/t14-/m0/s1. The number of para-hydroxylation sites is 1. The predicted molar refractivity (Wildman–Crippen MR) is 107 cm³/mol. The van der Waals surface area contributed by atoms with Crippen molar-refractivity contribution in [3.63, 3.8) is 0 Å². The number of fused-ring (bicyclic) bond motifs is 1. The van der Waals surface area contributed by atoms with Crippen molar-refractivity contribution in [1.29, 1.82) is 0 Å². The number of imide groups is 1. The van der Waals surface area contributed by atoms with Crippen LogP contribution in [-0.2, 0) is 25.5 Å². The Morgan fingerprint density at radius 1 is 1.07 bits per heavy atom. The largest absolute Gasteiger partial charge is 0.451 e. The first-order valence-electron chi connectivity index (χ1n) is 9.31. The van der Waals surface area contributed by atoms with Crippen LogP contribution in [0.1, 0.15) is 40.1 Å². The van der Waals surface area contributed by atoms with Gasteiger partial charge in [0.2, 0.25) is 5.91 Å². The zero-order chi connectivity index (χ0) is 21.8. The van der Waals surface area contributed by atoms with Crippen LogP contribution in [0.5, 0.6) is 0 Å². The number of anilines is 1. The smallest absolute Gasteiger partial charge is 0.326 e. The van der Waals surface area contributed by atoms with Crippen molar-refractivity contribution in [2.24, 2.45) is 0 Å². The van der Waals surface area contributed by atoms with Gasteiger partial charge in [0.25, 0.3) is 11.8 Å². The molecule has 0 unspecified atom stereocenters. The van der Waals surface area contributed by atoms with E-state index < -0.39 is 36.3 Å². The van der Waals surface area contributed by atoms with Crippen molar-refractivity contribution in [2.45, 2.75) is 26.4 Å². The third-order valence-corrected chi connectivity index (χ3v) is 4.66. The van der Waals surface area contributed by atoms with Crippen LogP contribution >= 0.6 is 0 Å². The summed E-state index contributed by atoms with van der Waals surface area (Å²) in [4.78, 5) is 61.9. The van der Waals surface area contributed by atoms with Gasteiger partial charge >= 0.3 is 5.97 Å². The van der Waals surface area contributed by atoms with E-state index in [1.54, 1.807) is 48.5 Å². The fraction of sp³-hybridized carbons (Fsp3) is 0.227. The van der Waals surface area contributed by atoms with Gasteiger partial charge in [0, 0.05) is 11.1 Å². The Bertz CT molecular complexity index is 1050. The van der Waals surface area contributed by atoms with Gasteiger partial charge in [-0.05, 0) is 37.6 Å². The van der Waals surface area contributed by atoms with Gasteiger partial charge in [0.1, 0.15) is 6.54 Å². The van der Waals surface area contributed by atoms with Crippen LogP contribution in [0.15, 0.2) is 48.5 Å². The number of nitrogens with one attached hydrogen (secondary N) is 1. The number of ether oxygens (including phenoxy) is 1. The van der Waals surface area contributed by atoms with Crippen molar-refractivity contribution >= 4 is 35.2 Å². The van der Waals surface area contributed by atoms with Crippen LogP contribution in [-0.4, -0.2) is 47.0 Å². The molecule has 154 valence electrons. The fourth-order valence-corrected chi connectivity index (χ4v) is 3.11. The van der Waals surface area contributed by atoms with E-state index in [0.717, 1.165) is 4.90 Å². The minimum Gasteiger partial charge on any atom is -0.451 e. The highest BCUT2D eigenvalue weighted by atomic mass is 16.5. The summed E-state index contributed by atoms with van der Waals surface area (Å²) in [7, 11) is 0. The van der Waals surface area contributed by atoms with E-state index in [1.165, 1.54) is 13.8 Å². The first-order valence-corrected chi connectivity index (χ1v) is 9.31. The Labute approximate surface area is 172 Å². The molecule has 0 radical (unpaired) electrons. The molecule has 1 aliphatic rings. The van der Waals surface area contributed by atoms with Crippen LogP contribution in [0.4, 0.5) is 5.69 Å². The SMILES string of the molecule is CC(=O)c1ccccc1NC(=O)[C@H](C)OC(=O)CN1C(=O)Cc2ccccc2C1=O. The number of carbonyl (C=O) groups excluding carboxylic acids is 5. The summed E-state index contributed by atoms with van der Waals surface area (Å²) in [6, 6.07) is 13.1. The fourth-order valence-electron chi connectivity index (χ4n) is 3.11. The van der Waals surface area contributed by atoms with Gasteiger partial charge in [-0.15, -0.1) is 0 Å². The van der Waals surface area contributed by atoms with E-state index >= 15 is 0 Å². The van der Waals surface area contributed by atoms with E-state index in [4.69, 9.17) is 4.74 Å². The molecule has 3 amide bonds. The Morgan fingerprint density at radius 3 is 2.47 bits per heavy atom. The number of esters is 1. The first kappa shape index (κ1) is 20.9. The molecule has 0 fully saturated rings. The summed E-state index contributed by atoms with van der Waals surface area (Å²) >= 11 is 0. The number of carbonyl (C=O) groups is 5. The van der Waals surface area contributed by atoms with Crippen molar-refractivity contribution in [1.82, 2.24) is 4.90 Å². The molecule has 0 saturated heterocycles. The van der Waals surface area contributed by atoms with E-state index in [2.05, 4.69) is 5.32 Å². The molecular formula is C22H20N2O6. The quantitative estimate of drug-likeness (QED) is 0.445. The number of Topliss-reactive ketones (excluding diaryl/α,β-unsaturated/α-hetero) is 1. The predicted octanol–water partition coefficient (Wildman–Crippen LogP) is 1.98. The van der Waals surface area contributed by atoms with E-state index in [1.807, 2.05) is 0 Å². The highest BCUT2D eigenvalue weighted by Crippen LogP contribution is 2.20. The lowest BCUT2D eigenvalue weighted by Crippen LogP contribution is -2.46. The first-order chi connectivity index (χ1) is 14.3. The summed E-state index contributed by atoms with van der Waals surface area (Å²) in [6.45, 7) is 2.14. The molecule has 0 bridgehead atoms. The lowest BCUT2D eigenvalue weighted by Gasteiger charge is -2.26. The second kappa shape index (κ2) is 8.69. The van der Waals surface area contributed by atoms with E-state index in [9.17, 15) is 24.0 Å². The van der Waals surface area contributed by atoms with E-state index in [0.29, 0.717) is 22.4 Å². The minimum absolute atomic E-state index is 0.00701. The van der Waals surface area contributed by atoms with Gasteiger partial charge in [0.15, 0.2) is 11.9 Å². The molecule has 1 aliphatic heterocycles. The summed E-state index contributed by atoms with van der Waals surface area (Å²) in [5.74, 6) is -2.84. The summed E-state index contributed by atoms with van der Waals surface area (Å²) in [5, 5.41) is 2.55. The zero-order valence-electron chi connectivity index (χ0n) is 16.5. The average molecular weight is 408 g/mol. The van der Waals surface area contributed by atoms with Crippen molar-refractivity contribution < 1.29 is 28.7 Å². The second-order valence-electron chi connectivity index (χ2n) is 6.84. The Hall–Kier alpha value is -3.81. The molecule has 1 heterocycles. The Kier molecular flexibility index (Phi) is 6.06. The maximum Gasteiger partial charge on any atom is 0.326 e. The molecule has 1 N–H and O–H groups in total. The molecule has 8 heteroatoms. The average Bonchev–Trinajstić information content (AvgIpc) is 2.71. The zero-order valence-corrected chi connectivity index (χ0v) is 16.5. The third-order valence-electron chi connectivity index (χ3n) is 4.66. The minimum atomic E-state index is -1.19. The number of amides is 3. The molecular weight excluding hydrogens is 388 g/mol. The monoisotopic (exact) mass is 408 g/mol. The topological polar surface area (TPSA) is 110 Å². The van der Waals surface area contributed by atoms with Gasteiger partial charge in [-0.3, -0.25) is 28.9 Å². The van der Waals surface area contributed by atoms with Gasteiger partial charge in [-0.1, -0.05) is 30.3 Å². The Morgan fingerprint density at radius 2 is 1.73 bits per heavy atom. The maximum absolute atomic E-state index is 12.5. The van der Waals surface area contributed by atoms with Gasteiger partial charge < -0.3 is 10.1 Å². The highest BCUT2D eigenvalue weighted by molar-refractivity contribution is 6.11. The Balaban J connectivity index is 1.62. The lowest BCUT2D eigenvalue weighted by molar-refractivity contribution is -0.155. The normalized spacial score (nSPS) is 14.0. The molecule has 0 saturated carbocycles. The number of hydrogen-bond acceptors (Lipinski definition) is 6. The number of nitrogens with zero attached hydrogens (tertiary/aromatic N) is 1. The summed E-state index contributed by atoms with van der Waals surface area (Å²) < 4.78 is 5.09. The van der Waals surface area contributed by atoms with Gasteiger partial charge in [0.05, 0.1) is 12.1 Å². The molecule has 0 aliphatic carbocycles. The van der Waals surface area contributed by atoms with Crippen LogP contribution in [0.3, 0.4) is 0 Å². The number of rotatable bonds is 6. The molecule has 0 aromatic heterocycles. The van der Waals surface area contributed by atoms with Crippen LogP contribution in [0.25, 0.3) is 0 Å². The number of hydrogen-bond donors (Lipinski definition) is 1. The molecule has 3 rings (SSSR count). The molecule has 8 nitrogen and oxygen atoms in total. The van der Waals surface area contributed by atoms with Crippen molar-refractivity contribution in [2.75, 3.05) is 11.9 Å². The second-order valence-corrected chi connectivity index (χ2v) is 6.84. The van der Waals surface area contributed by atoms with E-state index in [-0.39, 0.29) is 12.2 Å². The molecule has 1 atom stereocenters. The molecule has 2 aromatic carbocycles.